The van der Waals surface area contributed by atoms with E-state index >= 15 is 0 Å². The Morgan fingerprint density at radius 1 is 0.828 bits per heavy atom. The zero-order valence-electron chi connectivity index (χ0n) is 15.6. The predicted molar refractivity (Wildman–Crippen MR) is 98.6 cm³/mol. The first-order chi connectivity index (χ1) is 13.7. The van der Waals surface area contributed by atoms with Gasteiger partial charge in [0.1, 0.15) is 5.82 Å². The Kier molecular flexibility index (Phi) is 6.20. The fraction of sp³-hybridized carbons (Fsp3) is 0.333. The summed E-state index contributed by atoms with van der Waals surface area (Å²) in [5.74, 6) is -0.833. The van der Waals surface area contributed by atoms with Gasteiger partial charge in [-0.1, -0.05) is 12.1 Å². The third-order valence-electron chi connectivity index (χ3n) is 4.86. The maximum atomic E-state index is 13.0. The molecular weight excluding hydrogens is 388 g/mol. The number of nitrogens with zero attached hydrogens (tertiary/aromatic N) is 2. The number of halogens is 4. The molecule has 0 bridgehead atoms. The van der Waals surface area contributed by atoms with E-state index in [1.165, 1.54) is 24.3 Å². The van der Waals surface area contributed by atoms with Crippen LogP contribution in [0.1, 0.15) is 27.9 Å². The molecule has 0 atom stereocenters. The van der Waals surface area contributed by atoms with Gasteiger partial charge in [0.15, 0.2) is 0 Å². The van der Waals surface area contributed by atoms with Crippen LogP contribution in [0.4, 0.5) is 17.6 Å². The highest BCUT2D eigenvalue weighted by Gasteiger charge is 2.30. The van der Waals surface area contributed by atoms with Crippen molar-refractivity contribution < 1.29 is 27.2 Å². The number of hydrogen-bond acceptors (Lipinski definition) is 2. The quantitative estimate of drug-likeness (QED) is 0.726. The fourth-order valence-corrected chi connectivity index (χ4v) is 3.24. The first-order valence-corrected chi connectivity index (χ1v) is 9.23. The van der Waals surface area contributed by atoms with Crippen LogP contribution in [-0.4, -0.2) is 47.8 Å². The molecular formula is C21H20F4N2O2. The lowest BCUT2D eigenvalue weighted by Gasteiger charge is -2.22. The Bertz CT molecular complexity index is 864. The Balaban J connectivity index is 1.59. The fourth-order valence-electron chi connectivity index (χ4n) is 3.24. The Hall–Kier alpha value is -2.90. The lowest BCUT2D eigenvalue weighted by atomic mass is 10.1. The van der Waals surface area contributed by atoms with Gasteiger partial charge < -0.3 is 9.80 Å². The Morgan fingerprint density at radius 3 is 2.03 bits per heavy atom. The van der Waals surface area contributed by atoms with E-state index in [1.54, 1.807) is 21.9 Å². The molecule has 154 valence electrons. The van der Waals surface area contributed by atoms with Crippen LogP contribution in [0.25, 0.3) is 0 Å². The minimum Gasteiger partial charge on any atom is -0.341 e. The van der Waals surface area contributed by atoms with Crippen molar-refractivity contribution in [2.24, 2.45) is 0 Å². The largest absolute Gasteiger partial charge is 0.416 e. The maximum Gasteiger partial charge on any atom is 0.416 e. The summed E-state index contributed by atoms with van der Waals surface area (Å²) in [5.41, 5.74) is 0.0879. The van der Waals surface area contributed by atoms with Gasteiger partial charge in [-0.2, -0.15) is 13.2 Å². The van der Waals surface area contributed by atoms with Gasteiger partial charge in [0.05, 0.1) is 12.0 Å². The normalized spacial score (nSPS) is 15.2. The third-order valence-corrected chi connectivity index (χ3v) is 4.86. The number of rotatable bonds is 3. The minimum absolute atomic E-state index is 0.111. The molecule has 2 amide bonds. The smallest absolute Gasteiger partial charge is 0.341 e. The third kappa shape index (κ3) is 5.34. The number of carbonyl (C=O) groups excluding carboxylic acids is 2. The Morgan fingerprint density at radius 2 is 1.41 bits per heavy atom. The lowest BCUT2D eigenvalue weighted by molar-refractivity contribution is -0.137. The molecule has 0 unspecified atom stereocenters. The first-order valence-electron chi connectivity index (χ1n) is 9.23. The standard InChI is InChI=1S/C21H20F4N2O2/c22-18-8-2-15(3-9-18)14-19(28)26-10-1-11-27(13-12-26)20(29)16-4-6-17(7-5-16)21(23,24)25/h2-9H,1,10-14H2. The second-order valence-corrected chi connectivity index (χ2v) is 6.90. The zero-order chi connectivity index (χ0) is 21.0. The molecule has 1 heterocycles. The summed E-state index contributed by atoms with van der Waals surface area (Å²) in [7, 11) is 0. The second-order valence-electron chi connectivity index (χ2n) is 6.90. The van der Waals surface area contributed by atoms with Gasteiger partial charge in [-0.05, 0) is 48.4 Å². The summed E-state index contributed by atoms with van der Waals surface area (Å²) in [4.78, 5) is 28.3. The van der Waals surface area contributed by atoms with Crippen molar-refractivity contribution in [3.8, 4) is 0 Å². The summed E-state index contributed by atoms with van der Waals surface area (Å²) in [6, 6.07) is 9.86. The minimum atomic E-state index is -4.45. The van der Waals surface area contributed by atoms with Crippen LogP contribution < -0.4 is 0 Å². The van der Waals surface area contributed by atoms with Crippen LogP contribution in [0.15, 0.2) is 48.5 Å². The number of hydrogen-bond donors (Lipinski definition) is 0. The number of benzene rings is 2. The molecule has 2 aromatic carbocycles. The lowest BCUT2D eigenvalue weighted by Crippen LogP contribution is -2.38. The molecule has 4 nitrogen and oxygen atoms in total. The molecule has 0 N–H and O–H groups in total. The van der Waals surface area contributed by atoms with Crippen LogP contribution in [0.2, 0.25) is 0 Å². The second kappa shape index (κ2) is 8.63. The van der Waals surface area contributed by atoms with Gasteiger partial charge in [-0.15, -0.1) is 0 Å². The van der Waals surface area contributed by atoms with Gasteiger partial charge in [-0.3, -0.25) is 9.59 Å². The average Bonchev–Trinajstić information content (AvgIpc) is 2.95. The van der Waals surface area contributed by atoms with Crippen LogP contribution in [0, 0.1) is 5.82 Å². The van der Waals surface area contributed by atoms with Crippen molar-refractivity contribution in [1.29, 1.82) is 0 Å². The van der Waals surface area contributed by atoms with E-state index in [0.29, 0.717) is 38.2 Å². The van der Waals surface area contributed by atoms with Crippen LogP contribution >= 0.6 is 0 Å². The van der Waals surface area contributed by atoms with E-state index in [0.717, 1.165) is 12.1 Å². The summed E-state index contributed by atoms with van der Waals surface area (Å²) < 4.78 is 51.0. The van der Waals surface area contributed by atoms with Crippen molar-refractivity contribution in [2.75, 3.05) is 26.2 Å². The molecule has 0 aromatic heterocycles. The molecule has 1 aliphatic rings. The van der Waals surface area contributed by atoms with Crippen molar-refractivity contribution >= 4 is 11.8 Å². The Labute approximate surface area is 165 Å². The van der Waals surface area contributed by atoms with Crippen LogP contribution in [0.3, 0.4) is 0 Å². The van der Waals surface area contributed by atoms with E-state index in [1.807, 2.05) is 0 Å². The van der Waals surface area contributed by atoms with Gasteiger partial charge in [0, 0.05) is 31.7 Å². The topological polar surface area (TPSA) is 40.6 Å². The van der Waals surface area contributed by atoms with Gasteiger partial charge in [0.2, 0.25) is 5.91 Å². The number of alkyl halides is 3. The van der Waals surface area contributed by atoms with Crippen molar-refractivity contribution in [1.82, 2.24) is 9.80 Å². The highest BCUT2D eigenvalue weighted by Crippen LogP contribution is 2.29. The SMILES string of the molecule is O=C(Cc1ccc(F)cc1)N1CCCN(C(=O)c2ccc(C(F)(F)F)cc2)CC1. The molecule has 1 aliphatic heterocycles. The molecule has 1 saturated heterocycles. The summed E-state index contributed by atoms with van der Waals surface area (Å²) in [6.45, 7) is 1.54. The molecule has 0 saturated carbocycles. The molecule has 2 aromatic rings. The number of carbonyl (C=O) groups is 2. The van der Waals surface area contributed by atoms with E-state index < -0.39 is 11.7 Å². The molecule has 0 spiro atoms. The van der Waals surface area contributed by atoms with Crippen LogP contribution in [-0.2, 0) is 17.4 Å². The first kappa shape index (κ1) is 20.8. The average molecular weight is 408 g/mol. The van der Waals surface area contributed by atoms with Gasteiger partial charge in [0.25, 0.3) is 5.91 Å². The van der Waals surface area contributed by atoms with E-state index in [4.69, 9.17) is 0 Å². The molecule has 1 fully saturated rings. The van der Waals surface area contributed by atoms with Gasteiger partial charge >= 0.3 is 6.18 Å². The molecule has 0 aliphatic carbocycles. The molecule has 0 radical (unpaired) electrons. The summed E-state index contributed by atoms with van der Waals surface area (Å²) >= 11 is 0. The van der Waals surface area contributed by atoms with E-state index in [2.05, 4.69) is 0 Å². The van der Waals surface area contributed by atoms with E-state index in [-0.39, 0.29) is 29.6 Å². The summed E-state index contributed by atoms with van der Waals surface area (Å²) in [6.07, 6.45) is -3.73. The van der Waals surface area contributed by atoms with Crippen molar-refractivity contribution in [3.05, 3.63) is 71.0 Å². The van der Waals surface area contributed by atoms with E-state index in [9.17, 15) is 27.2 Å². The monoisotopic (exact) mass is 408 g/mol. The number of amides is 2. The van der Waals surface area contributed by atoms with Crippen LogP contribution in [0.5, 0.6) is 0 Å². The zero-order valence-corrected chi connectivity index (χ0v) is 15.6. The van der Waals surface area contributed by atoms with Crippen molar-refractivity contribution in [3.63, 3.8) is 0 Å². The van der Waals surface area contributed by atoms with Gasteiger partial charge in [-0.25, -0.2) is 4.39 Å². The molecule has 3 rings (SSSR count). The highest BCUT2D eigenvalue weighted by molar-refractivity contribution is 5.94. The summed E-state index contributed by atoms with van der Waals surface area (Å²) in [5, 5.41) is 0. The molecule has 8 heteroatoms. The predicted octanol–water partition coefficient (Wildman–Crippen LogP) is 3.76. The molecule has 29 heavy (non-hydrogen) atoms. The maximum absolute atomic E-state index is 13.0. The highest BCUT2D eigenvalue weighted by atomic mass is 19.4. The van der Waals surface area contributed by atoms with Crippen molar-refractivity contribution in [2.45, 2.75) is 19.0 Å².